The zero-order chi connectivity index (χ0) is 21.3. The third kappa shape index (κ3) is 6.15. The van der Waals surface area contributed by atoms with Crippen LogP contribution in [-0.2, 0) is 16.1 Å². The topological polar surface area (TPSA) is 76.7 Å². The van der Waals surface area contributed by atoms with Crippen LogP contribution in [0.1, 0.15) is 15.9 Å². The molecule has 0 bridgehead atoms. The van der Waals surface area contributed by atoms with Gasteiger partial charge in [0, 0.05) is 24.0 Å². The van der Waals surface area contributed by atoms with E-state index < -0.39 is 0 Å². The lowest BCUT2D eigenvalue weighted by Gasteiger charge is -2.10. The maximum atomic E-state index is 13.0. The predicted molar refractivity (Wildman–Crippen MR) is 112 cm³/mol. The fraction of sp³-hybridized carbons (Fsp3) is 0.130. The number of halogens is 1. The molecule has 6 nitrogen and oxygen atoms in total. The Morgan fingerprint density at radius 1 is 0.900 bits per heavy atom. The summed E-state index contributed by atoms with van der Waals surface area (Å²) < 4.78 is 23.5. The van der Waals surface area contributed by atoms with Crippen LogP contribution in [0, 0.1) is 5.82 Å². The van der Waals surface area contributed by atoms with Crippen molar-refractivity contribution in [2.24, 2.45) is 0 Å². The maximum Gasteiger partial charge on any atom is 0.255 e. The SMILES string of the molecule is COCC(=O)Nc1cccc(NC(=O)c2cccc(OCc3ccc(F)cc3)c2)c1. The molecule has 0 radical (unpaired) electrons. The molecule has 0 aliphatic rings. The van der Waals surface area contributed by atoms with Crippen molar-refractivity contribution in [3.05, 3.63) is 89.7 Å². The minimum absolute atomic E-state index is 0.0543. The van der Waals surface area contributed by atoms with Gasteiger partial charge in [0.05, 0.1) is 0 Å². The van der Waals surface area contributed by atoms with E-state index >= 15 is 0 Å². The summed E-state index contributed by atoms with van der Waals surface area (Å²) in [7, 11) is 1.44. The number of hydrogen-bond donors (Lipinski definition) is 2. The van der Waals surface area contributed by atoms with E-state index in [-0.39, 0.29) is 30.8 Å². The molecule has 0 aliphatic carbocycles. The van der Waals surface area contributed by atoms with E-state index in [1.807, 2.05) is 0 Å². The number of benzene rings is 3. The molecule has 0 heterocycles. The molecule has 30 heavy (non-hydrogen) atoms. The molecule has 3 rings (SSSR count). The second kappa shape index (κ2) is 10.2. The lowest BCUT2D eigenvalue weighted by atomic mass is 10.2. The van der Waals surface area contributed by atoms with Gasteiger partial charge in [-0.15, -0.1) is 0 Å². The van der Waals surface area contributed by atoms with E-state index in [2.05, 4.69) is 10.6 Å². The first-order chi connectivity index (χ1) is 14.5. The lowest BCUT2D eigenvalue weighted by Crippen LogP contribution is -2.17. The van der Waals surface area contributed by atoms with Crippen LogP contribution in [0.3, 0.4) is 0 Å². The van der Waals surface area contributed by atoms with Crippen molar-refractivity contribution in [1.29, 1.82) is 0 Å². The first-order valence-electron chi connectivity index (χ1n) is 9.21. The normalized spacial score (nSPS) is 10.3. The van der Waals surface area contributed by atoms with Crippen molar-refractivity contribution in [3.63, 3.8) is 0 Å². The first-order valence-corrected chi connectivity index (χ1v) is 9.21. The largest absolute Gasteiger partial charge is 0.489 e. The van der Waals surface area contributed by atoms with Gasteiger partial charge in [-0.25, -0.2) is 4.39 Å². The van der Waals surface area contributed by atoms with Crippen LogP contribution in [-0.4, -0.2) is 25.5 Å². The van der Waals surface area contributed by atoms with Gasteiger partial charge in [0.1, 0.15) is 24.8 Å². The molecule has 0 atom stereocenters. The van der Waals surface area contributed by atoms with Crippen LogP contribution in [0.4, 0.5) is 15.8 Å². The Bertz CT molecular complexity index is 1020. The van der Waals surface area contributed by atoms with Gasteiger partial charge in [-0.05, 0) is 54.1 Å². The van der Waals surface area contributed by atoms with Crippen LogP contribution in [0.2, 0.25) is 0 Å². The van der Waals surface area contributed by atoms with Gasteiger partial charge >= 0.3 is 0 Å². The number of ether oxygens (including phenoxy) is 2. The summed E-state index contributed by atoms with van der Waals surface area (Å²) in [6.07, 6.45) is 0. The van der Waals surface area contributed by atoms with E-state index in [1.165, 1.54) is 19.2 Å². The summed E-state index contributed by atoms with van der Waals surface area (Å²) in [4.78, 5) is 24.2. The summed E-state index contributed by atoms with van der Waals surface area (Å²) in [5.41, 5.74) is 2.32. The second-order valence-corrected chi connectivity index (χ2v) is 6.46. The van der Waals surface area contributed by atoms with E-state index in [0.717, 1.165) is 5.56 Å². The molecule has 0 saturated heterocycles. The molecule has 2 amide bonds. The minimum atomic E-state index is -0.317. The molecule has 2 N–H and O–H groups in total. The first kappa shape index (κ1) is 21.0. The van der Waals surface area contributed by atoms with Gasteiger partial charge in [0.2, 0.25) is 5.91 Å². The van der Waals surface area contributed by atoms with Crippen LogP contribution < -0.4 is 15.4 Å². The van der Waals surface area contributed by atoms with Gasteiger partial charge in [0.15, 0.2) is 0 Å². The molecule has 0 unspecified atom stereocenters. The van der Waals surface area contributed by atoms with Crippen LogP contribution in [0.25, 0.3) is 0 Å². The van der Waals surface area contributed by atoms with Gasteiger partial charge in [-0.1, -0.05) is 24.3 Å². The van der Waals surface area contributed by atoms with Crippen LogP contribution in [0.15, 0.2) is 72.8 Å². The Hall–Kier alpha value is -3.71. The predicted octanol–water partition coefficient (Wildman–Crippen LogP) is 4.24. The van der Waals surface area contributed by atoms with Gasteiger partial charge in [-0.2, -0.15) is 0 Å². The molecule has 0 fully saturated rings. The lowest BCUT2D eigenvalue weighted by molar-refractivity contribution is -0.119. The van der Waals surface area contributed by atoms with Crippen molar-refractivity contribution in [2.75, 3.05) is 24.4 Å². The number of carbonyl (C=O) groups excluding carboxylic acids is 2. The van der Waals surface area contributed by atoms with Crippen molar-refractivity contribution in [3.8, 4) is 5.75 Å². The van der Waals surface area contributed by atoms with Crippen molar-refractivity contribution in [1.82, 2.24) is 0 Å². The molecular formula is C23H21FN2O4. The van der Waals surface area contributed by atoms with E-state index in [4.69, 9.17) is 9.47 Å². The zero-order valence-corrected chi connectivity index (χ0v) is 16.4. The molecule has 0 aromatic heterocycles. The third-order valence-electron chi connectivity index (χ3n) is 4.09. The standard InChI is InChI=1S/C23H21FN2O4/c1-29-15-22(27)25-19-5-3-6-20(13-19)26-23(28)17-4-2-7-21(12-17)30-14-16-8-10-18(24)11-9-16/h2-13H,14-15H2,1H3,(H,25,27)(H,26,28). The number of hydrogen-bond acceptors (Lipinski definition) is 4. The average Bonchev–Trinajstić information content (AvgIpc) is 2.74. The number of methoxy groups -OCH3 is 1. The number of amides is 2. The van der Waals surface area contributed by atoms with E-state index in [1.54, 1.807) is 60.7 Å². The van der Waals surface area contributed by atoms with Crippen molar-refractivity contribution >= 4 is 23.2 Å². The molecule has 7 heteroatoms. The Labute approximate surface area is 173 Å². The summed E-state index contributed by atoms with van der Waals surface area (Å²) >= 11 is 0. The van der Waals surface area contributed by atoms with E-state index in [0.29, 0.717) is 22.7 Å². The molecule has 3 aromatic rings. The smallest absolute Gasteiger partial charge is 0.255 e. The molecule has 154 valence electrons. The van der Waals surface area contributed by atoms with Crippen LogP contribution >= 0.6 is 0 Å². The Morgan fingerprint density at radius 3 is 2.33 bits per heavy atom. The van der Waals surface area contributed by atoms with Crippen molar-refractivity contribution < 1.29 is 23.5 Å². The highest BCUT2D eigenvalue weighted by Crippen LogP contribution is 2.19. The summed E-state index contributed by atoms with van der Waals surface area (Å²) in [5.74, 6) is -0.387. The number of anilines is 2. The molecule has 0 saturated carbocycles. The Kier molecular flexibility index (Phi) is 7.13. The van der Waals surface area contributed by atoms with E-state index in [9.17, 15) is 14.0 Å². The summed E-state index contributed by atoms with van der Waals surface area (Å²) in [6, 6.07) is 19.6. The Balaban J connectivity index is 1.62. The molecule has 3 aromatic carbocycles. The third-order valence-corrected chi connectivity index (χ3v) is 4.09. The van der Waals surface area contributed by atoms with Crippen molar-refractivity contribution in [2.45, 2.75) is 6.61 Å². The van der Waals surface area contributed by atoms with Gasteiger partial charge in [0.25, 0.3) is 5.91 Å². The second-order valence-electron chi connectivity index (χ2n) is 6.46. The number of carbonyl (C=O) groups is 2. The monoisotopic (exact) mass is 408 g/mol. The zero-order valence-electron chi connectivity index (χ0n) is 16.4. The summed E-state index contributed by atoms with van der Waals surface area (Å²) in [6.45, 7) is 0.204. The molecule has 0 aliphatic heterocycles. The van der Waals surface area contributed by atoms with Crippen LogP contribution in [0.5, 0.6) is 5.75 Å². The maximum absolute atomic E-state index is 13.0. The highest BCUT2D eigenvalue weighted by molar-refractivity contribution is 6.05. The minimum Gasteiger partial charge on any atom is -0.489 e. The fourth-order valence-electron chi connectivity index (χ4n) is 2.68. The molecular weight excluding hydrogens is 387 g/mol. The average molecular weight is 408 g/mol. The number of rotatable bonds is 8. The Morgan fingerprint density at radius 2 is 1.60 bits per heavy atom. The number of nitrogens with one attached hydrogen (secondary N) is 2. The van der Waals surface area contributed by atoms with Gasteiger partial charge < -0.3 is 20.1 Å². The highest BCUT2D eigenvalue weighted by Gasteiger charge is 2.09. The van der Waals surface area contributed by atoms with Gasteiger partial charge in [-0.3, -0.25) is 9.59 Å². The quantitative estimate of drug-likeness (QED) is 0.585. The highest BCUT2D eigenvalue weighted by atomic mass is 19.1. The fourth-order valence-corrected chi connectivity index (χ4v) is 2.68. The molecule has 0 spiro atoms. The summed E-state index contributed by atoms with van der Waals surface area (Å²) in [5, 5.41) is 5.47.